The largest absolute Gasteiger partial charge is 0.483 e. The first-order valence-corrected chi connectivity index (χ1v) is 10.1. The first-order valence-electron chi connectivity index (χ1n) is 8.24. The van der Waals surface area contributed by atoms with Gasteiger partial charge in [0, 0.05) is 26.2 Å². The Bertz CT molecular complexity index is 667. The molecule has 0 spiro atoms. The lowest BCUT2D eigenvalue weighted by molar-refractivity contribution is -0.134. The standard InChI is InChI=1S/C17H26N2O4S/c1-4-14-7-5-6-8-16(14)23-13-17(20)19-11-9-15(10-12-19)18(2)24(3,21)22/h5-8,15H,4,9-13H2,1-3H3. The number of sulfonamides is 1. The Morgan fingerprint density at radius 2 is 1.92 bits per heavy atom. The number of benzene rings is 1. The summed E-state index contributed by atoms with van der Waals surface area (Å²) in [6.45, 7) is 3.18. The van der Waals surface area contributed by atoms with Gasteiger partial charge in [-0.15, -0.1) is 0 Å². The van der Waals surface area contributed by atoms with Crippen molar-refractivity contribution in [2.24, 2.45) is 0 Å². The second-order valence-electron chi connectivity index (χ2n) is 6.14. The van der Waals surface area contributed by atoms with Gasteiger partial charge in [0.1, 0.15) is 5.75 Å². The number of piperidine rings is 1. The molecule has 0 radical (unpaired) electrons. The van der Waals surface area contributed by atoms with E-state index in [2.05, 4.69) is 0 Å². The fraction of sp³-hybridized carbons (Fsp3) is 0.588. The number of nitrogens with zero attached hydrogens (tertiary/aromatic N) is 2. The molecule has 7 heteroatoms. The number of rotatable bonds is 6. The van der Waals surface area contributed by atoms with Gasteiger partial charge in [0.15, 0.2) is 6.61 Å². The van der Waals surface area contributed by atoms with Crippen LogP contribution >= 0.6 is 0 Å². The lowest BCUT2D eigenvalue weighted by Crippen LogP contribution is -2.48. The van der Waals surface area contributed by atoms with Gasteiger partial charge in [-0.3, -0.25) is 4.79 Å². The molecular weight excluding hydrogens is 328 g/mol. The van der Waals surface area contributed by atoms with Gasteiger partial charge in [0.25, 0.3) is 5.91 Å². The Morgan fingerprint density at radius 3 is 2.50 bits per heavy atom. The third kappa shape index (κ3) is 4.70. The van der Waals surface area contributed by atoms with E-state index in [1.807, 2.05) is 31.2 Å². The lowest BCUT2D eigenvalue weighted by atomic mass is 10.1. The monoisotopic (exact) mass is 354 g/mol. The van der Waals surface area contributed by atoms with Crippen LogP contribution in [0.5, 0.6) is 5.75 Å². The molecule has 2 rings (SSSR count). The minimum absolute atomic E-state index is 0.0175. The molecule has 1 aromatic rings. The average molecular weight is 354 g/mol. The first kappa shape index (κ1) is 18.7. The van der Waals surface area contributed by atoms with E-state index in [4.69, 9.17) is 4.74 Å². The van der Waals surface area contributed by atoms with Crippen molar-refractivity contribution in [2.45, 2.75) is 32.2 Å². The van der Waals surface area contributed by atoms with Crippen molar-refractivity contribution in [1.82, 2.24) is 9.21 Å². The average Bonchev–Trinajstić information content (AvgIpc) is 2.58. The van der Waals surface area contributed by atoms with E-state index in [0.717, 1.165) is 17.7 Å². The van der Waals surface area contributed by atoms with Gasteiger partial charge in [-0.1, -0.05) is 25.1 Å². The van der Waals surface area contributed by atoms with E-state index in [0.29, 0.717) is 25.9 Å². The molecular formula is C17H26N2O4S. The zero-order valence-electron chi connectivity index (χ0n) is 14.6. The van der Waals surface area contributed by atoms with Gasteiger partial charge in [-0.25, -0.2) is 12.7 Å². The highest BCUT2D eigenvalue weighted by atomic mass is 32.2. The number of carbonyl (C=O) groups is 1. The first-order chi connectivity index (χ1) is 11.3. The Hall–Kier alpha value is -1.60. The summed E-state index contributed by atoms with van der Waals surface area (Å²) in [5, 5.41) is 0. The van der Waals surface area contributed by atoms with Crippen LogP contribution in [0.25, 0.3) is 0 Å². The molecule has 1 fully saturated rings. The lowest BCUT2D eigenvalue weighted by Gasteiger charge is -2.35. The van der Waals surface area contributed by atoms with Gasteiger partial charge >= 0.3 is 0 Å². The van der Waals surface area contributed by atoms with Gasteiger partial charge in [0.05, 0.1) is 6.26 Å². The minimum atomic E-state index is -3.19. The molecule has 0 unspecified atom stereocenters. The van der Waals surface area contributed by atoms with E-state index >= 15 is 0 Å². The second kappa shape index (κ2) is 7.98. The normalized spacial score (nSPS) is 16.4. The molecule has 0 bridgehead atoms. The SMILES string of the molecule is CCc1ccccc1OCC(=O)N1CCC(N(C)S(C)(=O)=O)CC1. The predicted molar refractivity (Wildman–Crippen MR) is 93.5 cm³/mol. The van der Waals surface area contributed by atoms with Crippen molar-refractivity contribution in [3.8, 4) is 5.75 Å². The van der Waals surface area contributed by atoms with Gasteiger partial charge in [0.2, 0.25) is 10.0 Å². The summed E-state index contributed by atoms with van der Waals surface area (Å²) in [5.74, 6) is 0.696. The summed E-state index contributed by atoms with van der Waals surface area (Å²) >= 11 is 0. The quantitative estimate of drug-likeness (QED) is 0.777. The Balaban J connectivity index is 1.85. The Labute approximate surface area is 144 Å². The Morgan fingerprint density at radius 1 is 1.29 bits per heavy atom. The van der Waals surface area contributed by atoms with Crippen LogP contribution in [-0.4, -0.2) is 62.6 Å². The van der Waals surface area contributed by atoms with Crippen LogP contribution < -0.4 is 4.74 Å². The van der Waals surface area contributed by atoms with Gasteiger partial charge in [-0.2, -0.15) is 0 Å². The Kier molecular flexibility index (Phi) is 6.23. The molecule has 0 N–H and O–H groups in total. The highest BCUT2D eigenvalue weighted by molar-refractivity contribution is 7.88. The number of carbonyl (C=O) groups excluding carboxylic acids is 1. The number of amides is 1. The van der Waals surface area contributed by atoms with Crippen molar-refractivity contribution in [3.63, 3.8) is 0 Å². The highest BCUT2D eigenvalue weighted by Gasteiger charge is 2.29. The van der Waals surface area contributed by atoms with E-state index in [1.54, 1.807) is 11.9 Å². The molecule has 0 aliphatic carbocycles. The number of hydrogen-bond donors (Lipinski definition) is 0. The number of para-hydroxylation sites is 1. The van der Waals surface area contributed by atoms with E-state index in [9.17, 15) is 13.2 Å². The van der Waals surface area contributed by atoms with Crippen molar-refractivity contribution in [1.29, 1.82) is 0 Å². The highest BCUT2D eigenvalue weighted by Crippen LogP contribution is 2.20. The molecule has 1 aliphatic heterocycles. The van der Waals surface area contributed by atoms with Crippen LogP contribution in [0.3, 0.4) is 0 Å². The molecule has 1 heterocycles. The molecule has 24 heavy (non-hydrogen) atoms. The van der Waals surface area contributed by atoms with Gasteiger partial charge < -0.3 is 9.64 Å². The molecule has 0 aromatic heterocycles. The summed E-state index contributed by atoms with van der Waals surface area (Å²) in [6.07, 6.45) is 3.37. The number of hydrogen-bond acceptors (Lipinski definition) is 4. The summed E-state index contributed by atoms with van der Waals surface area (Å²) in [4.78, 5) is 14.1. The number of aryl methyl sites for hydroxylation is 1. The maximum Gasteiger partial charge on any atom is 0.260 e. The molecule has 134 valence electrons. The summed E-state index contributed by atoms with van der Waals surface area (Å²) < 4.78 is 30.3. The maximum atomic E-state index is 12.3. The van der Waals surface area contributed by atoms with Crippen molar-refractivity contribution >= 4 is 15.9 Å². The van der Waals surface area contributed by atoms with Crippen LogP contribution in [-0.2, 0) is 21.2 Å². The number of ether oxygens (including phenoxy) is 1. The molecule has 6 nitrogen and oxygen atoms in total. The van der Waals surface area contributed by atoms with E-state index in [1.165, 1.54) is 10.6 Å². The summed E-state index contributed by atoms with van der Waals surface area (Å²) in [6, 6.07) is 7.68. The van der Waals surface area contributed by atoms with Crippen molar-refractivity contribution in [3.05, 3.63) is 29.8 Å². The molecule has 0 atom stereocenters. The minimum Gasteiger partial charge on any atom is -0.483 e. The van der Waals surface area contributed by atoms with Crippen molar-refractivity contribution in [2.75, 3.05) is 33.0 Å². The van der Waals surface area contributed by atoms with Crippen LogP contribution in [0.4, 0.5) is 0 Å². The van der Waals surface area contributed by atoms with Crippen LogP contribution in [0.1, 0.15) is 25.3 Å². The smallest absolute Gasteiger partial charge is 0.260 e. The summed E-state index contributed by atoms with van der Waals surface area (Å²) in [5.41, 5.74) is 1.08. The van der Waals surface area contributed by atoms with E-state index < -0.39 is 10.0 Å². The zero-order chi connectivity index (χ0) is 17.7. The fourth-order valence-electron chi connectivity index (χ4n) is 2.92. The molecule has 1 aliphatic rings. The topological polar surface area (TPSA) is 66.9 Å². The van der Waals surface area contributed by atoms with E-state index in [-0.39, 0.29) is 18.6 Å². The predicted octanol–water partition coefficient (Wildman–Crippen LogP) is 1.51. The van der Waals surface area contributed by atoms with Crippen LogP contribution in [0.15, 0.2) is 24.3 Å². The molecule has 0 saturated carbocycles. The molecule has 1 aromatic carbocycles. The fourth-order valence-corrected chi connectivity index (χ4v) is 3.67. The zero-order valence-corrected chi connectivity index (χ0v) is 15.4. The molecule has 1 amide bonds. The number of likely N-dealkylation sites (tertiary alicyclic amines) is 1. The third-order valence-corrected chi connectivity index (χ3v) is 5.90. The van der Waals surface area contributed by atoms with Gasteiger partial charge in [-0.05, 0) is 30.9 Å². The third-order valence-electron chi connectivity index (χ3n) is 4.56. The second-order valence-corrected chi connectivity index (χ2v) is 8.18. The summed E-state index contributed by atoms with van der Waals surface area (Å²) in [7, 11) is -1.59. The van der Waals surface area contributed by atoms with Crippen molar-refractivity contribution < 1.29 is 17.9 Å². The van der Waals surface area contributed by atoms with Crippen LogP contribution in [0.2, 0.25) is 0 Å². The van der Waals surface area contributed by atoms with Crippen LogP contribution in [0, 0.1) is 0 Å². The molecule has 1 saturated heterocycles. The maximum absolute atomic E-state index is 12.3.